The number of hydrogen-bond donors (Lipinski definition) is 2. The minimum Gasteiger partial charge on any atom is -0.396 e. The summed E-state index contributed by atoms with van der Waals surface area (Å²) in [6.07, 6.45) is 0. The molecule has 0 atom stereocenters. The summed E-state index contributed by atoms with van der Waals surface area (Å²) < 4.78 is 13.3. The van der Waals surface area contributed by atoms with Gasteiger partial charge in [-0.1, -0.05) is 0 Å². The maximum Gasteiger partial charge on any atom is 0.285 e. The zero-order valence-corrected chi connectivity index (χ0v) is 11.9. The number of nitrogens with zero attached hydrogens (tertiary/aromatic N) is 1. The number of hydrogen-bond acceptors (Lipinski definition) is 5. The van der Waals surface area contributed by atoms with E-state index >= 15 is 0 Å². The number of carbonyl (C=O) groups is 1. The number of amides is 1. The third-order valence-electron chi connectivity index (χ3n) is 2.78. The average molecular weight is 309 g/mol. The lowest BCUT2D eigenvalue weighted by atomic mass is 10.1. The normalized spacial score (nSPS) is 10.4. The van der Waals surface area contributed by atoms with Gasteiger partial charge in [-0.15, -0.1) is 11.3 Å². The Labute approximate surface area is 123 Å². The molecule has 0 aliphatic carbocycles. The number of nitrogens with two attached hydrogens (primary N) is 1. The summed E-state index contributed by atoms with van der Waals surface area (Å²) in [5, 5.41) is 13.4. The van der Waals surface area contributed by atoms with Gasteiger partial charge < -0.3 is 11.1 Å². The van der Waals surface area contributed by atoms with Crippen molar-refractivity contribution in [1.82, 2.24) is 5.32 Å². The number of nitrogen functional groups attached to an aromatic ring is 1. The molecule has 0 saturated heterocycles. The van der Waals surface area contributed by atoms with Crippen molar-refractivity contribution in [2.24, 2.45) is 0 Å². The first-order chi connectivity index (χ1) is 9.88. The molecule has 1 aromatic heterocycles. The highest BCUT2D eigenvalue weighted by Gasteiger charge is 2.22. The molecule has 0 unspecified atom stereocenters. The molecule has 1 heterocycles. The van der Waals surface area contributed by atoms with Crippen LogP contribution in [0.3, 0.4) is 0 Å². The van der Waals surface area contributed by atoms with Gasteiger partial charge in [0.05, 0.1) is 23.2 Å². The summed E-state index contributed by atoms with van der Waals surface area (Å²) in [5.74, 6) is -1.59. The summed E-state index contributed by atoms with van der Waals surface area (Å²) in [6, 6.07) is 5.39. The lowest BCUT2D eigenvalue weighted by Crippen LogP contribution is -2.23. The minimum atomic E-state index is -0.924. The second-order valence-corrected chi connectivity index (χ2v) is 5.72. The van der Waals surface area contributed by atoms with E-state index in [1.165, 1.54) is 11.3 Å². The molecule has 1 amide bonds. The van der Waals surface area contributed by atoms with E-state index in [4.69, 9.17) is 5.73 Å². The van der Waals surface area contributed by atoms with Gasteiger partial charge in [-0.2, -0.15) is 0 Å². The fraction of sp³-hybridized carbons (Fsp3) is 0.154. The molecule has 1 aromatic carbocycles. The van der Waals surface area contributed by atoms with Gasteiger partial charge in [-0.3, -0.25) is 14.9 Å². The number of anilines is 1. The standard InChI is InChI=1S/C13H12FN3O3S/c1-7-2-3-8(21-7)6-16-13(18)9-4-11(15)10(14)5-12(9)17(19)20/h2-5H,6,15H2,1H3,(H,16,18). The monoisotopic (exact) mass is 309 g/mol. The van der Waals surface area contributed by atoms with Crippen LogP contribution in [0.4, 0.5) is 15.8 Å². The third kappa shape index (κ3) is 3.34. The first-order valence-electron chi connectivity index (χ1n) is 5.95. The molecule has 0 spiro atoms. The van der Waals surface area contributed by atoms with Gasteiger partial charge >= 0.3 is 0 Å². The lowest BCUT2D eigenvalue weighted by Gasteiger charge is -2.06. The highest BCUT2D eigenvalue weighted by atomic mass is 32.1. The number of rotatable bonds is 4. The van der Waals surface area contributed by atoms with Crippen LogP contribution in [0, 0.1) is 22.9 Å². The molecular weight excluding hydrogens is 297 g/mol. The number of nitro groups is 1. The van der Waals surface area contributed by atoms with E-state index in [0.717, 1.165) is 15.8 Å². The number of aryl methyl sites for hydroxylation is 1. The Morgan fingerprint density at radius 2 is 2.19 bits per heavy atom. The largest absolute Gasteiger partial charge is 0.396 e. The number of halogens is 1. The highest BCUT2D eigenvalue weighted by Crippen LogP contribution is 2.24. The van der Waals surface area contributed by atoms with Gasteiger partial charge in [-0.25, -0.2) is 4.39 Å². The van der Waals surface area contributed by atoms with Crippen LogP contribution in [0.1, 0.15) is 20.1 Å². The van der Waals surface area contributed by atoms with Crippen LogP contribution in [0.2, 0.25) is 0 Å². The van der Waals surface area contributed by atoms with Crippen LogP contribution in [0.5, 0.6) is 0 Å². The smallest absolute Gasteiger partial charge is 0.285 e. The van der Waals surface area contributed by atoms with Crippen molar-refractivity contribution >= 4 is 28.6 Å². The van der Waals surface area contributed by atoms with E-state index < -0.39 is 22.3 Å². The maximum absolute atomic E-state index is 13.3. The quantitative estimate of drug-likeness (QED) is 0.515. The molecule has 0 aliphatic rings. The van der Waals surface area contributed by atoms with Gasteiger partial charge in [0.1, 0.15) is 5.56 Å². The lowest BCUT2D eigenvalue weighted by molar-refractivity contribution is -0.385. The summed E-state index contributed by atoms with van der Waals surface area (Å²) in [5.41, 5.74) is 4.19. The molecule has 0 saturated carbocycles. The van der Waals surface area contributed by atoms with Crippen molar-refractivity contribution in [2.75, 3.05) is 5.73 Å². The molecule has 3 N–H and O–H groups in total. The summed E-state index contributed by atoms with van der Waals surface area (Å²) in [7, 11) is 0. The zero-order valence-electron chi connectivity index (χ0n) is 11.1. The topological polar surface area (TPSA) is 98.3 Å². The molecule has 2 aromatic rings. The minimum absolute atomic E-state index is 0.242. The molecule has 0 radical (unpaired) electrons. The number of carbonyl (C=O) groups excluding carboxylic acids is 1. The fourth-order valence-corrected chi connectivity index (χ4v) is 2.59. The number of nitrogens with one attached hydrogen (secondary N) is 1. The van der Waals surface area contributed by atoms with E-state index in [1.807, 2.05) is 19.1 Å². The van der Waals surface area contributed by atoms with Gasteiger partial charge in [0.15, 0.2) is 5.82 Å². The van der Waals surface area contributed by atoms with Crippen molar-refractivity contribution in [3.63, 3.8) is 0 Å². The molecule has 0 fully saturated rings. The van der Waals surface area contributed by atoms with Crippen LogP contribution in [0.25, 0.3) is 0 Å². The Kier molecular flexibility index (Phi) is 4.18. The van der Waals surface area contributed by atoms with Crippen molar-refractivity contribution in [3.05, 3.63) is 55.5 Å². The second kappa shape index (κ2) is 5.88. The molecule has 8 heteroatoms. The maximum atomic E-state index is 13.3. The first kappa shape index (κ1) is 14.9. The summed E-state index contributed by atoms with van der Waals surface area (Å²) in [6.45, 7) is 2.17. The number of benzene rings is 1. The second-order valence-electron chi connectivity index (χ2n) is 4.34. The molecular formula is C13H12FN3O3S. The van der Waals surface area contributed by atoms with Gasteiger partial charge in [0.2, 0.25) is 0 Å². The zero-order chi connectivity index (χ0) is 15.6. The number of nitro benzene ring substituents is 1. The van der Waals surface area contributed by atoms with E-state index in [-0.39, 0.29) is 17.8 Å². The average Bonchev–Trinajstić information content (AvgIpc) is 2.84. The fourth-order valence-electron chi connectivity index (χ4n) is 1.76. The van der Waals surface area contributed by atoms with Crippen LogP contribution < -0.4 is 11.1 Å². The Balaban J connectivity index is 2.22. The molecule has 110 valence electrons. The molecule has 0 bridgehead atoms. The van der Waals surface area contributed by atoms with Crippen molar-refractivity contribution < 1.29 is 14.1 Å². The van der Waals surface area contributed by atoms with Gasteiger partial charge in [-0.05, 0) is 25.1 Å². The van der Waals surface area contributed by atoms with Crippen LogP contribution in [-0.4, -0.2) is 10.8 Å². The van der Waals surface area contributed by atoms with Gasteiger partial charge in [0.25, 0.3) is 11.6 Å². The predicted molar refractivity (Wildman–Crippen MR) is 77.7 cm³/mol. The Morgan fingerprint density at radius 1 is 1.48 bits per heavy atom. The van der Waals surface area contributed by atoms with Crippen molar-refractivity contribution in [2.45, 2.75) is 13.5 Å². The molecule has 6 nitrogen and oxygen atoms in total. The van der Waals surface area contributed by atoms with Gasteiger partial charge in [0, 0.05) is 9.75 Å². The Hall–Kier alpha value is -2.48. The SMILES string of the molecule is Cc1ccc(CNC(=O)c2cc(N)c(F)cc2[N+](=O)[O-])s1. The summed E-state index contributed by atoms with van der Waals surface area (Å²) in [4.78, 5) is 24.1. The molecule has 21 heavy (non-hydrogen) atoms. The van der Waals surface area contributed by atoms with Crippen molar-refractivity contribution in [1.29, 1.82) is 0 Å². The molecule has 0 aliphatic heterocycles. The molecule has 2 rings (SSSR count). The summed E-state index contributed by atoms with van der Waals surface area (Å²) >= 11 is 1.51. The highest BCUT2D eigenvalue weighted by molar-refractivity contribution is 7.11. The predicted octanol–water partition coefficient (Wildman–Crippen LogP) is 2.62. The van der Waals surface area contributed by atoms with Crippen molar-refractivity contribution in [3.8, 4) is 0 Å². The first-order valence-corrected chi connectivity index (χ1v) is 6.77. The third-order valence-corrected chi connectivity index (χ3v) is 3.78. The van der Waals surface area contributed by atoms with E-state index in [0.29, 0.717) is 6.07 Å². The van der Waals surface area contributed by atoms with Crippen LogP contribution in [0.15, 0.2) is 24.3 Å². The van der Waals surface area contributed by atoms with Crippen LogP contribution in [-0.2, 0) is 6.54 Å². The number of thiophene rings is 1. The Morgan fingerprint density at radius 3 is 2.76 bits per heavy atom. The van der Waals surface area contributed by atoms with E-state index in [2.05, 4.69) is 5.32 Å². The van der Waals surface area contributed by atoms with E-state index in [1.54, 1.807) is 0 Å². The van der Waals surface area contributed by atoms with E-state index in [9.17, 15) is 19.3 Å². The van der Waals surface area contributed by atoms with Crippen LogP contribution >= 0.6 is 11.3 Å². The Bertz CT molecular complexity index is 715.